The van der Waals surface area contributed by atoms with Crippen LogP contribution in [0, 0.1) is 0 Å². The van der Waals surface area contributed by atoms with Crippen LogP contribution in [0.15, 0.2) is 42.5 Å². The second kappa shape index (κ2) is 9.53. The van der Waals surface area contributed by atoms with E-state index in [9.17, 15) is 9.59 Å². The molecule has 3 rings (SSSR count). The fourth-order valence-corrected chi connectivity index (χ4v) is 3.34. The number of amides is 2. The van der Waals surface area contributed by atoms with Gasteiger partial charge in [-0.25, -0.2) is 4.79 Å². The van der Waals surface area contributed by atoms with E-state index >= 15 is 0 Å². The Morgan fingerprint density at radius 2 is 1.96 bits per heavy atom. The number of rotatable bonds is 9. The Morgan fingerprint density at radius 1 is 1.11 bits per heavy atom. The van der Waals surface area contributed by atoms with Crippen LogP contribution in [0.4, 0.5) is 10.5 Å². The number of anilines is 1. The average molecular weight is 386 g/mol. The van der Waals surface area contributed by atoms with Crippen LogP contribution in [0.25, 0.3) is 0 Å². The Labute approximate surface area is 164 Å². The van der Waals surface area contributed by atoms with Gasteiger partial charge < -0.3 is 16.0 Å². The average Bonchev–Trinajstić information content (AvgIpc) is 2.68. The zero-order valence-electron chi connectivity index (χ0n) is 15.2. The molecule has 0 fully saturated rings. The minimum atomic E-state index is -0.205. The molecule has 0 saturated heterocycles. The minimum absolute atomic E-state index is 0.144. The summed E-state index contributed by atoms with van der Waals surface area (Å²) in [7, 11) is 0. The van der Waals surface area contributed by atoms with Gasteiger partial charge in [0.1, 0.15) is 0 Å². The van der Waals surface area contributed by atoms with E-state index < -0.39 is 0 Å². The van der Waals surface area contributed by atoms with Crippen molar-refractivity contribution in [3.05, 3.63) is 64.2 Å². The lowest BCUT2D eigenvalue weighted by Gasteiger charge is -2.18. The molecule has 1 aliphatic heterocycles. The number of nitrogens with one attached hydrogen (secondary N) is 3. The van der Waals surface area contributed by atoms with Crippen molar-refractivity contribution in [1.29, 1.82) is 0 Å². The monoisotopic (exact) mass is 385 g/mol. The summed E-state index contributed by atoms with van der Waals surface area (Å²) in [6.45, 7) is 2.22. The highest BCUT2D eigenvalue weighted by molar-refractivity contribution is 6.31. The van der Waals surface area contributed by atoms with Crippen LogP contribution in [0.1, 0.15) is 40.7 Å². The molecule has 2 aromatic rings. The number of carbonyl (C=O) groups excluding carboxylic acids is 2. The van der Waals surface area contributed by atoms with E-state index in [1.165, 1.54) is 0 Å². The molecule has 27 heavy (non-hydrogen) atoms. The molecule has 0 aliphatic carbocycles. The first-order valence-corrected chi connectivity index (χ1v) is 9.66. The fraction of sp³-hybridized carbons (Fsp3) is 0.333. The van der Waals surface area contributed by atoms with Gasteiger partial charge in [0.15, 0.2) is 5.78 Å². The molecule has 0 radical (unpaired) electrons. The fourth-order valence-electron chi connectivity index (χ4n) is 3.11. The normalized spacial score (nSPS) is 12.9. The van der Waals surface area contributed by atoms with E-state index in [1.807, 2.05) is 30.3 Å². The van der Waals surface area contributed by atoms with Crippen LogP contribution in [0.5, 0.6) is 0 Å². The topological polar surface area (TPSA) is 70.2 Å². The first kappa shape index (κ1) is 19.4. The zero-order valence-corrected chi connectivity index (χ0v) is 15.9. The number of ketones is 1. The van der Waals surface area contributed by atoms with Crippen molar-refractivity contribution < 1.29 is 9.59 Å². The summed E-state index contributed by atoms with van der Waals surface area (Å²) < 4.78 is 0. The second-order valence-corrected chi connectivity index (χ2v) is 7.06. The summed E-state index contributed by atoms with van der Waals surface area (Å²) in [5.74, 6) is 0.144. The van der Waals surface area contributed by atoms with E-state index in [-0.39, 0.29) is 11.8 Å². The number of urea groups is 1. The maximum Gasteiger partial charge on any atom is 0.319 e. The lowest BCUT2D eigenvalue weighted by atomic mass is 10.0. The molecule has 0 aromatic heterocycles. The highest BCUT2D eigenvalue weighted by Crippen LogP contribution is 2.21. The molecule has 142 valence electrons. The van der Waals surface area contributed by atoms with Gasteiger partial charge in [0.25, 0.3) is 0 Å². The quantitative estimate of drug-likeness (QED) is 0.448. The van der Waals surface area contributed by atoms with Crippen LogP contribution >= 0.6 is 11.6 Å². The molecular weight excluding hydrogens is 362 g/mol. The Hall–Kier alpha value is -2.37. The molecular formula is C21H24ClN3O2. The molecule has 1 aliphatic rings. The van der Waals surface area contributed by atoms with Crippen LogP contribution in [-0.2, 0) is 13.0 Å². The highest BCUT2D eigenvalue weighted by Gasteiger charge is 2.15. The minimum Gasteiger partial charge on any atom is -0.334 e. The summed E-state index contributed by atoms with van der Waals surface area (Å²) in [6, 6.07) is 13.1. The number of carbonyl (C=O) groups is 2. The highest BCUT2D eigenvalue weighted by atomic mass is 35.5. The molecule has 6 heteroatoms. The number of hydrogen-bond acceptors (Lipinski definition) is 3. The predicted molar refractivity (Wildman–Crippen MR) is 109 cm³/mol. The summed E-state index contributed by atoms with van der Waals surface area (Å²) in [6.07, 6.45) is 3.24. The van der Waals surface area contributed by atoms with Crippen molar-refractivity contribution in [2.24, 2.45) is 0 Å². The van der Waals surface area contributed by atoms with Crippen molar-refractivity contribution >= 4 is 29.1 Å². The molecule has 0 saturated carbocycles. The number of halogens is 1. The van der Waals surface area contributed by atoms with Crippen molar-refractivity contribution in [3.63, 3.8) is 0 Å². The van der Waals surface area contributed by atoms with Gasteiger partial charge in [0.05, 0.1) is 0 Å². The SMILES string of the molecule is O=C1NCc2cc(C(=O)CCCCNCCc3ccccc3Cl)ccc2N1. The summed E-state index contributed by atoms with van der Waals surface area (Å²) in [5, 5.41) is 9.66. The van der Waals surface area contributed by atoms with Crippen LogP contribution in [-0.4, -0.2) is 24.9 Å². The van der Waals surface area contributed by atoms with Crippen molar-refractivity contribution in [3.8, 4) is 0 Å². The largest absolute Gasteiger partial charge is 0.334 e. The standard InChI is InChI=1S/C21H24ClN3O2/c22-18-6-2-1-5-15(18)10-12-23-11-4-3-7-20(26)16-8-9-19-17(13-16)14-24-21(27)25-19/h1-2,5-6,8-9,13,23H,3-4,7,10-12,14H2,(H2,24,25,27). The molecule has 0 atom stereocenters. The van der Waals surface area contributed by atoms with Gasteiger partial charge in [-0.05, 0) is 67.7 Å². The molecule has 3 N–H and O–H groups in total. The lowest BCUT2D eigenvalue weighted by molar-refractivity contribution is 0.0979. The molecule has 0 spiro atoms. The van der Waals surface area contributed by atoms with E-state index in [4.69, 9.17) is 11.6 Å². The van der Waals surface area contributed by atoms with Gasteiger partial charge in [-0.15, -0.1) is 0 Å². The van der Waals surface area contributed by atoms with E-state index in [0.29, 0.717) is 18.5 Å². The summed E-state index contributed by atoms with van der Waals surface area (Å²) >= 11 is 6.14. The van der Waals surface area contributed by atoms with Gasteiger partial charge >= 0.3 is 6.03 Å². The van der Waals surface area contributed by atoms with Gasteiger partial charge in [-0.3, -0.25) is 4.79 Å². The second-order valence-electron chi connectivity index (χ2n) is 6.65. The third-order valence-corrected chi connectivity index (χ3v) is 5.02. The van der Waals surface area contributed by atoms with Crippen LogP contribution in [0.2, 0.25) is 5.02 Å². The number of hydrogen-bond donors (Lipinski definition) is 3. The van der Waals surface area contributed by atoms with Crippen molar-refractivity contribution in [2.75, 3.05) is 18.4 Å². The number of benzene rings is 2. The zero-order chi connectivity index (χ0) is 19.1. The number of unbranched alkanes of at least 4 members (excludes halogenated alkanes) is 1. The van der Waals surface area contributed by atoms with Gasteiger partial charge in [0.2, 0.25) is 0 Å². The van der Waals surface area contributed by atoms with E-state index in [2.05, 4.69) is 16.0 Å². The molecule has 5 nitrogen and oxygen atoms in total. The Morgan fingerprint density at radius 3 is 2.81 bits per heavy atom. The Kier molecular flexibility index (Phi) is 6.85. The molecule has 0 unspecified atom stereocenters. The van der Waals surface area contributed by atoms with Crippen molar-refractivity contribution in [2.45, 2.75) is 32.2 Å². The van der Waals surface area contributed by atoms with Gasteiger partial charge in [0, 0.05) is 29.2 Å². The first-order valence-electron chi connectivity index (χ1n) is 9.28. The Bertz CT molecular complexity index is 823. The first-order chi connectivity index (χ1) is 13.1. The third-order valence-electron chi connectivity index (χ3n) is 4.65. The van der Waals surface area contributed by atoms with Gasteiger partial charge in [-0.2, -0.15) is 0 Å². The van der Waals surface area contributed by atoms with E-state index in [0.717, 1.165) is 54.2 Å². The maximum absolute atomic E-state index is 12.4. The molecule has 1 heterocycles. The molecule has 0 bridgehead atoms. The lowest BCUT2D eigenvalue weighted by Crippen LogP contribution is -2.33. The predicted octanol–water partition coefficient (Wildman–Crippen LogP) is 4.16. The number of Topliss-reactive ketones (excluding diaryl/α,β-unsaturated/α-hetero) is 1. The summed E-state index contributed by atoms with van der Waals surface area (Å²) in [4.78, 5) is 23.7. The third kappa shape index (κ3) is 5.55. The summed E-state index contributed by atoms with van der Waals surface area (Å²) in [5.41, 5.74) is 3.58. The molecule has 2 amide bonds. The van der Waals surface area contributed by atoms with Crippen molar-refractivity contribution in [1.82, 2.24) is 10.6 Å². The number of fused-ring (bicyclic) bond motifs is 1. The smallest absolute Gasteiger partial charge is 0.319 e. The maximum atomic E-state index is 12.4. The van der Waals surface area contributed by atoms with E-state index in [1.54, 1.807) is 12.1 Å². The Balaban J connectivity index is 1.34. The van der Waals surface area contributed by atoms with Crippen LogP contribution < -0.4 is 16.0 Å². The molecule has 2 aromatic carbocycles. The van der Waals surface area contributed by atoms with Crippen LogP contribution in [0.3, 0.4) is 0 Å². The van der Waals surface area contributed by atoms with Gasteiger partial charge in [-0.1, -0.05) is 29.8 Å².